The number of nitrogens with one attached hydrogen (secondary N) is 1. The van der Waals surface area contributed by atoms with Gasteiger partial charge in [-0.1, -0.05) is 25.1 Å². The number of rotatable bonds is 6. The minimum absolute atomic E-state index is 0.0608. The molecule has 2 aromatic rings. The molecule has 0 bridgehead atoms. The number of anilines is 1. The second-order valence-electron chi connectivity index (χ2n) is 6.03. The van der Waals surface area contributed by atoms with Crippen LogP contribution in [0.1, 0.15) is 22.8 Å². The van der Waals surface area contributed by atoms with Crippen LogP contribution in [-0.2, 0) is 26.0 Å². The third-order valence-electron chi connectivity index (χ3n) is 4.25. The average Bonchev–Trinajstić information content (AvgIpc) is 3.10. The molecule has 8 heteroatoms. The highest BCUT2D eigenvalue weighted by molar-refractivity contribution is 7.89. The fourth-order valence-corrected chi connectivity index (χ4v) is 3.97. The Kier molecular flexibility index (Phi) is 5.57. The molecule has 0 saturated carbocycles. The highest BCUT2D eigenvalue weighted by atomic mass is 32.2. The number of ether oxygens (including phenoxy) is 1. The summed E-state index contributed by atoms with van der Waals surface area (Å²) >= 11 is 0. The fourth-order valence-electron chi connectivity index (χ4n) is 2.93. The van der Waals surface area contributed by atoms with Gasteiger partial charge in [0, 0.05) is 18.8 Å². The Morgan fingerprint density at radius 2 is 1.81 bits per heavy atom. The van der Waals surface area contributed by atoms with Gasteiger partial charge in [-0.3, -0.25) is 4.79 Å². The lowest BCUT2D eigenvalue weighted by Gasteiger charge is -2.17. The van der Waals surface area contributed by atoms with E-state index in [1.807, 2.05) is 24.3 Å². The van der Waals surface area contributed by atoms with E-state index in [9.17, 15) is 18.0 Å². The van der Waals surface area contributed by atoms with Crippen molar-refractivity contribution in [2.75, 3.05) is 24.6 Å². The van der Waals surface area contributed by atoms with Crippen molar-refractivity contribution in [3.05, 3.63) is 59.7 Å². The summed E-state index contributed by atoms with van der Waals surface area (Å²) in [6, 6.07) is 13.0. The van der Waals surface area contributed by atoms with Crippen molar-refractivity contribution in [1.29, 1.82) is 0 Å². The van der Waals surface area contributed by atoms with Gasteiger partial charge in [-0.25, -0.2) is 17.9 Å². The zero-order chi connectivity index (χ0) is 19.4. The van der Waals surface area contributed by atoms with E-state index >= 15 is 0 Å². The molecule has 0 saturated heterocycles. The first-order valence-corrected chi connectivity index (χ1v) is 10.1. The summed E-state index contributed by atoms with van der Waals surface area (Å²) in [6.45, 7) is 2.14. The quantitative estimate of drug-likeness (QED) is 0.761. The maximum atomic E-state index is 12.4. The number of benzene rings is 2. The molecule has 1 aliphatic rings. The molecule has 27 heavy (non-hydrogen) atoms. The Hall–Kier alpha value is -2.71. The molecule has 0 atom stereocenters. The van der Waals surface area contributed by atoms with Gasteiger partial charge in [0.2, 0.25) is 10.0 Å². The van der Waals surface area contributed by atoms with Gasteiger partial charge >= 0.3 is 5.97 Å². The number of sulfonamides is 1. The number of nitrogens with zero attached hydrogens (tertiary/aromatic N) is 1. The zero-order valence-corrected chi connectivity index (χ0v) is 15.7. The van der Waals surface area contributed by atoms with Gasteiger partial charge in [0.1, 0.15) is 0 Å². The van der Waals surface area contributed by atoms with E-state index in [1.165, 1.54) is 24.3 Å². The molecular formula is C19H20N2O5S. The molecule has 1 N–H and O–H groups in total. The predicted molar refractivity (Wildman–Crippen MR) is 100 cm³/mol. The van der Waals surface area contributed by atoms with Crippen molar-refractivity contribution in [3.8, 4) is 0 Å². The topological polar surface area (TPSA) is 92.8 Å². The van der Waals surface area contributed by atoms with Gasteiger partial charge in [0.25, 0.3) is 5.91 Å². The number of amides is 1. The SMILES string of the molecule is CCNS(=O)(=O)c1ccc(C(=O)OCC(=O)N2CCc3ccccc32)cc1. The standard InChI is InChI=1S/C19H20N2O5S/c1-2-20-27(24,25)16-9-7-15(8-10-16)19(23)26-13-18(22)21-12-11-14-5-3-4-6-17(14)21/h3-10,20H,2,11-13H2,1H3. The molecule has 0 aliphatic carbocycles. The monoisotopic (exact) mass is 388 g/mol. The molecule has 1 aliphatic heterocycles. The van der Waals surface area contributed by atoms with E-state index in [0.717, 1.165) is 17.7 Å². The van der Waals surface area contributed by atoms with E-state index in [-0.39, 0.29) is 29.5 Å². The zero-order valence-electron chi connectivity index (χ0n) is 14.8. The van der Waals surface area contributed by atoms with E-state index in [4.69, 9.17) is 4.74 Å². The second-order valence-corrected chi connectivity index (χ2v) is 7.79. The van der Waals surface area contributed by atoms with E-state index in [0.29, 0.717) is 6.54 Å². The molecule has 0 unspecified atom stereocenters. The van der Waals surface area contributed by atoms with Crippen molar-refractivity contribution >= 4 is 27.6 Å². The largest absolute Gasteiger partial charge is 0.452 e. The summed E-state index contributed by atoms with van der Waals surface area (Å²) in [6.07, 6.45) is 0.775. The molecule has 1 heterocycles. The molecule has 3 rings (SSSR count). The Labute approximate surface area is 158 Å². The summed E-state index contributed by atoms with van der Waals surface area (Å²) in [4.78, 5) is 26.2. The van der Waals surface area contributed by atoms with Gasteiger partial charge < -0.3 is 9.64 Å². The lowest BCUT2D eigenvalue weighted by atomic mass is 10.2. The van der Waals surface area contributed by atoms with E-state index in [2.05, 4.69) is 4.72 Å². The van der Waals surface area contributed by atoms with E-state index in [1.54, 1.807) is 11.8 Å². The first-order chi connectivity index (χ1) is 12.9. The van der Waals surface area contributed by atoms with Crippen LogP contribution < -0.4 is 9.62 Å². The van der Waals surface area contributed by atoms with Crippen molar-refractivity contribution in [2.45, 2.75) is 18.2 Å². The molecule has 0 spiro atoms. The lowest BCUT2D eigenvalue weighted by molar-refractivity contribution is -0.121. The minimum atomic E-state index is -3.58. The van der Waals surface area contributed by atoms with Crippen LogP contribution in [0, 0.1) is 0 Å². The van der Waals surface area contributed by atoms with Crippen molar-refractivity contribution in [2.24, 2.45) is 0 Å². The molecule has 142 valence electrons. The Bertz CT molecular complexity index is 954. The highest BCUT2D eigenvalue weighted by Crippen LogP contribution is 2.27. The van der Waals surface area contributed by atoms with Crippen LogP contribution in [-0.4, -0.2) is 40.0 Å². The third-order valence-corrected chi connectivity index (χ3v) is 5.81. The second kappa shape index (κ2) is 7.89. The van der Waals surface area contributed by atoms with Crippen molar-refractivity contribution in [1.82, 2.24) is 4.72 Å². The summed E-state index contributed by atoms with van der Waals surface area (Å²) < 4.78 is 31.3. The molecule has 0 radical (unpaired) electrons. The Morgan fingerprint density at radius 3 is 2.52 bits per heavy atom. The third kappa shape index (κ3) is 4.17. The van der Waals surface area contributed by atoms with E-state index < -0.39 is 16.0 Å². The van der Waals surface area contributed by atoms with Gasteiger partial charge in [-0.15, -0.1) is 0 Å². The number of carbonyl (C=O) groups excluding carboxylic acids is 2. The number of fused-ring (bicyclic) bond motifs is 1. The van der Waals surface area contributed by atoms with Crippen LogP contribution >= 0.6 is 0 Å². The summed E-state index contributed by atoms with van der Waals surface area (Å²) in [5.74, 6) is -0.970. The molecule has 1 amide bonds. The van der Waals surface area contributed by atoms with Crippen LogP contribution in [0.3, 0.4) is 0 Å². The minimum Gasteiger partial charge on any atom is -0.452 e. The predicted octanol–water partition coefficient (Wildman–Crippen LogP) is 1.73. The average molecular weight is 388 g/mol. The van der Waals surface area contributed by atoms with Crippen LogP contribution in [0.4, 0.5) is 5.69 Å². The first kappa shape index (κ1) is 19.1. The Morgan fingerprint density at radius 1 is 1.11 bits per heavy atom. The van der Waals surface area contributed by atoms with Gasteiger partial charge in [0.15, 0.2) is 6.61 Å². The Balaban J connectivity index is 1.61. The smallest absolute Gasteiger partial charge is 0.338 e. The molecule has 0 aromatic heterocycles. The van der Waals surface area contributed by atoms with Crippen LogP contribution in [0.25, 0.3) is 0 Å². The number of carbonyl (C=O) groups is 2. The van der Waals surface area contributed by atoms with Gasteiger partial charge in [0.05, 0.1) is 10.5 Å². The number of hydrogen-bond donors (Lipinski definition) is 1. The number of hydrogen-bond acceptors (Lipinski definition) is 5. The van der Waals surface area contributed by atoms with Crippen LogP contribution in [0.15, 0.2) is 53.4 Å². The lowest BCUT2D eigenvalue weighted by Crippen LogP contribution is -2.33. The molecule has 7 nitrogen and oxygen atoms in total. The maximum absolute atomic E-state index is 12.4. The first-order valence-electron chi connectivity index (χ1n) is 8.57. The number of esters is 1. The molecule has 0 fully saturated rings. The molecular weight excluding hydrogens is 368 g/mol. The summed E-state index contributed by atoms with van der Waals surface area (Å²) in [7, 11) is -3.58. The summed E-state index contributed by atoms with van der Waals surface area (Å²) in [5, 5.41) is 0. The van der Waals surface area contributed by atoms with Gasteiger partial charge in [-0.05, 0) is 42.3 Å². The van der Waals surface area contributed by atoms with Crippen LogP contribution in [0.5, 0.6) is 0 Å². The molecule has 2 aromatic carbocycles. The normalized spacial score (nSPS) is 13.3. The highest BCUT2D eigenvalue weighted by Gasteiger charge is 2.25. The van der Waals surface area contributed by atoms with Crippen molar-refractivity contribution < 1.29 is 22.7 Å². The van der Waals surface area contributed by atoms with Crippen molar-refractivity contribution in [3.63, 3.8) is 0 Å². The fraction of sp³-hybridized carbons (Fsp3) is 0.263. The van der Waals surface area contributed by atoms with Gasteiger partial charge in [-0.2, -0.15) is 0 Å². The number of para-hydroxylation sites is 1. The maximum Gasteiger partial charge on any atom is 0.338 e. The summed E-state index contributed by atoms with van der Waals surface area (Å²) in [5.41, 5.74) is 2.12. The van der Waals surface area contributed by atoms with Crippen LogP contribution in [0.2, 0.25) is 0 Å².